The normalized spacial score (nSPS) is 11.6. The highest BCUT2D eigenvalue weighted by molar-refractivity contribution is 7.09. The summed E-state index contributed by atoms with van der Waals surface area (Å²) in [5.41, 5.74) is 1.39. The van der Waals surface area contributed by atoms with Crippen LogP contribution in [0.3, 0.4) is 0 Å². The van der Waals surface area contributed by atoms with E-state index in [1.807, 2.05) is 0 Å². The number of aromatic nitrogens is 3. The highest BCUT2D eigenvalue weighted by Gasteiger charge is 2.16. The first-order valence-electron chi connectivity index (χ1n) is 10.0. The number of amides is 2. The lowest BCUT2D eigenvalue weighted by atomic mass is 10.2. The zero-order valence-corrected chi connectivity index (χ0v) is 19.1. The van der Waals surface area contributed by atoms with Gasteiger partial charge in [0.25, 0.3) is 5.91 Å². The van der Waals surface area contributed by atoms with Gasteiger partial charge in [0.2, 0.25) is 5.91 Å². The molecule has 0 bridgehead atoms. The Labute approximate surface area is 199 Å². The van der Waals surface area contributed by atoms with Crippen LogP contribution in [0, 0.1) is 0 Å². The van der Waals surface area contributed by atoms with Gasteiger partial charge >= 0.3 is 0 Å². The number of halogens is 1. The van der Waals surface area contributed by atoms with E-state index in [0.717, 1.165) is 0 Å². The molecule has 0 aliphatic carbocycles. The lowest BCUT2D eigenvalue weighted by molar-refractivity contribution is -0.119. The lowest BCUT2D eigenvalue weighted by Crippen LogP contribution is -2.24. The Kier molecular flexibility index (Phi) is 7.01. The Bertz CT molecular complexity index is 1240. The molecule has 33 heavy (non-hydrogen) atoms. The molecule has 0 spiro atoms. The molecule has 0 aliphatic heterocycles. The van der Waals surface area contributed by atoms with Gasteiger partial charge in [-0.25, -0.2) is 4.98 Å². The van der Waals surface area contributed by atoms with Gasteiger partial charge in [0.1, 0.15) is 29.1 Å². The number of rotatable bonds is 8. The van der Waals surface area contributed by atoms with Crippen LogP contribution in [0.4, 0.5) is 11.4 Å². The molecule has 10 heteroatoms. The fraction of sp³-hybridized carbons (Fsp3) is 0.130. The number of nitrogens with one attached hydrogen (secondary N) is 2. The van der Waals surface area contributed by atoms with Crippen molar-refractivity contribution in [1.29, 1.82) is 0 Å². The molecule has 2 aromatic heterocycles. The summed E-state index contributed by atoms with van der Waals surface area (Å²) in [5, 5.41) is 12.7. The first-order chi connectivity index (χ1) is 16.0. The van der Waals surface area contributed by atoms with Crippen molar-refractivity contribution in [3.63, 3.8) is 0 Å². The summed E-state index contributed by atoms with van der Waals surface area (Å²) < 4.78 is 7.24. The molecule has 0 radical (unpaired) electrons. The molecule has 168 valence electrons. The summed E-state index contributed by atoms with van der Waals surface area (Å²) in [7, 11) is 0. The molecule has 1 unspecified atom stereocenters. The van der Waals surface area contributed by atoms with Gasteiger partial charge in [0.05, 0.1) is 0 Å². The standard InChI is InChI=1S/C23H20ClN5O3S/c1-15(29-11-3-10-25-29)22(30)26-17-4-2-5-18(12-17)27-23(31)20-14-33-21(28-20)13-32-19-8-6-16(24)7-9-19/h2-12,14-15H,13H2,1H3,(H,26,30)(H,27,31). The van der Waals surface area contributed by atoms with E-state index in [1.54, 1.807) is 84.0 Å². The van der Waals surface area contributed by atoms with Crippen LogP contribution in [0.1, 0.15) is 28.5 Å². The van der Waals surface area contributed by atoms with Crippen molar-refractivity contribution in [2.75, 3.05) is 10.6 Å². The zero-order chi connectivity index (χ0) is 23.2. The van der Waals surface area contributed by atoms with Gasteiger partial charge < -0.3 is 15.4 Å². The maximum absolute atomic E-state index is 12.6. The van der Waals surface area contributed by atoms with Crippen LogP contribution in [-0.2, 0) is 11.4 Å². The lowest BCUT2D eigenvalue weighted by Gasteiger charge is -2.13. The minimum absolute atomic E-state index is 0.216. The number of hydrogen-bond acceptors (Lipinski definition) is 6. The largest absolute Gasteiger partial charge is 0.486 e. The Morgan fingerprint density at radius 3 is 2.61 bits per heavy atom. The first kappa shape index (κ1) is 22.5. The minimum Gasteiger partial charge on any atom is -0.486 e. The van der Waals surface area contributed by atoms with Crippen LogP contribution in [0.5, 0.6) is 5.75 Å². The number of carbonyl (C=O) groups is 2. The fourth-order valence-corrected chi connectivity index (χ4v) is 3.72. The Morgan fingerprint density at radius 2 is 1.88 bits per heavy atom. The molecule has 1 atom stereocenters. The van der Waals surface area contributed by atoms with Crippen molar-refractivity contribution < 1.29 is 14.3 Å². The van der Waals surface area contributed by atoms with Crippen molar-refractivity contribution in [3.05, 3.63) is 88.1 Å². The molecule has 2 aromatic carbocycles. The van der Waals surface area contributed by atoms with Gasteiger partial charge in [-0.05, 0) is 55.5 Å². The van der Waals surface area contributed by atoms with E-state index in [0.29, 0.717) is 27.2 Å². The summed E-state index contributed by atoms with van der Waals surface area (Å²) in [5.74, 6) is 0.103. The molecular formula is C23H20ClN5O3S. The highest BCUT2D eigenvalue weighted by Crippen LogP contribution is 2.20. The SMILES string of the molecule is CC(C(=O)Nc1cccc(NC(=O)c2csc(COc3ccc(Cl)cc3)n2)c1)n1cccn1. The van der Waals surface area contributed by atoms with Crippen LogP contribution in [0.2, 0.25) is 5.02 Å². The van der Waals surface area contributed by atoms with Gasteiger partial charge in [-0.1, -0.05) is 17.7 Å². The van der Waals surface area contributed by atoms with Crippen molar-refractivity contribution >= 4 is 46.1 Å². The second-order valence-electron chi connectivity index (χ2n) is 7.06. The molecular weight excluding hydrogens is 462 g/mol. The number of hydrogen-bond donors (Lipinski definition) is 2. The molecule has 2 N–H and O–H groups in total. The Balaban J connectivity index is 1.34. The highest BCUT2D eigenvalue weighted by atomic mass is 35.5. The molecule has 8 nitrogen and oxygen atoms in total. The van der Waals surface area contributed by atoms with E-state index in [2.05, 4.69) is 20.7 Å². The fourth-order valence-electron chi connectivity index (χ4n) is 2.90. The quantitative estimate of drug-likeness (QED) is 0.368. The topological polar surface area (TPSA) is 98.1 Å². The van der Waals surface area contributed by atoms with Gasteiger partial charge in [0.15, 0.2) is 0 Å². The molecule has 4 rings (SSSR count). The van der Waals surface area contributed by atoms with Crippen molar-refractivity contribution in [2.24, 2.45) is 0 Å². The summed E-state index contributed by atoms with van der Waals surface area (Å²) >= 11 is 7.20. The molecule has 0 aliphatic rings. The van der Waals surface area contributed by atoms with E-state index in [9.17, 15) is 9.59 Å². The number of nitrogens with zero attached hydrogens (tertiary/aromatic N) is 3. The van der Waals surface area contributed by atoms with E-state index >= 15 is 0 Å². The van der Waals surface area contributed by atoms with Crippen LogP contribution >= 0.6 is 22.9 Å². The minimum atomic E-state index is -0.471. The van der Waals surface area contributed by atoms with Gasteiger partial charge in [-0.3, -0.25) is 14.3 Å². The van der Waals surface area contributed by atoms with Crippen molar-refractivity contribution in [3.8, 4) is 5.75 Å². The number of benzene rings is 2. The maximum atomic E-state index is 12.6. The number of carbonyl (C=O) groups excluding carboxylic acids is 2. The van der Waals surface area contributed by atoms with E-state index in [4.69, 9.17) is 16.3 Å². The van der Waals surface area contributed by atoms with E-state index < -0.39 is 6.04 Å². The summed E-state index contributed by atoms with van der Waals surface area (Å²) in [6.07, 6.45) is 3.34. The summed E-state index contributed by atoms with van der Waals surface area (Å²) in [6.45, 7) is 2.00. The van der Waals surface area contributed by atoms with Gasteiger partial charge in [-0.15, -0.1) is 11.3 Å². The Hall–Kier alpha value is -3.69. The third kappa shape index (κ3) is 5.97. The van der Waals surface area contributed by atoms with Crippen molar-refractivity contribution in [1.82, 2.24) is 14.8 Å². The van der Waals surface area contributed by atoms with Crippen LogP contribution in [-0.4, -0.2) is 26.6 Å². The number of thiazole rings is 1. The van der Waals surface area contributed by atoms with E-state index in [1.165, 1.54) is 11.3 Å². The monoisotopic (exact) mass is 481 g/mol. The van der Waals surface area contributed by atoms with Crippen LogP contribution in [0.25, 0.3) is 0 Å². The zero-order valence-electron chi connectivity index (χ0n) is 17.6. The van der Waals surface area contributed by atoms with Crippen LogP contribution < -0.4 is 15.4 Å². The maximum Gasteiger partial charge on any atom is 0.275 e. The third-order valence-corrected chi connectivity index (χ3v) is 5.72. The molecule has 0 fully saturated rings. The second-order valence-corrected chi connectivity index (χ2v) is 8.43. The van der Waals surface area contributed by atoms with Gasteiger partial charge in [-0.2, -0.15) is 5.10 Å². The second kappa shape index (κ2) is 10.3. The third-order valence-electron chi connectivity index (χ3n) is 4.65. The summed E-state index contributed by atoms with van der Waals surface area (Å²) in [4.78, 5) is 29.4. The predicted octanol–water partition coefficient (Wildman–Crippen LogP) is 5.02. The predicted molar refractivity (Wildman–Crippen MR) is 128 cm³/mol. The van der Waals surface area contributed by atoms with E-state index in [-0.39, 0.29) is 24.1 Å². The number of ether oxygens (including phenoxy) is 1. The molecule has 4 aromatic rings. The molecule has 0 saturated heterocycles. The molecule has 0 saturated carbocycles. The van der Waals surface area contributed by atoms with Crippen LogP contribution in [0.15, 0.2) is 72.4 Å². The van der Waals surface area contributed by atoms with Crippen molar-refractivity contribution in [2.45, 2.75) is 19.6 Å². The smallest absolute Gasteiger partial charge is 0.275 e. The van der Waals surface area contributed by atoms with Gasteiger partial charge in [0, 0.05) is 34.2 Å². The number of anilines is 2. The molecule has 2 heterocycles. The molecule has 2 amide bonds. The average molecular weight is 482 g/mol. The summed E-state index contributed by atoms with van der Waals surface area (Å²) in [6, 6.07) is 15.2. The first-order valence-corrected chi connectivity index (χ1v) is 11.3. The Morgan fingerprint density at radius 1 is 1.12 bits per heavy atom. The average Bonchev–Trinajstić information content (AvgIpc) is 3.51.